The molecule has 2 N–H and O–H groups in total. The maximum absolute atomic E-state index is 5.90. The van der Waals surface area contributed by atoms with Gasteiger partial charge in [-0.25, -0.2) is 0 Å². The molecule has 1 atom stereocenters. The third kappa shape index (κ3) is 2.58. The topological polar surface area (TPSA) is 52.0 Å². The summed E-state index contributed by atoms with van der Waals surface area (Å²) in [7, 11) is 0. The molecule has 90 valence electrons. The molecule has 0 amide bonds. The summed E-state index contributed by atoms with van der Waals surface area (Å²) in [6.45, 7) is 4.07. The van der Waals surface area contributed by atoms with E-state index in [1.165, 1.54) is 5.56 Å². The molecule has 1 aromatic carbocycles. The van der Waals surface area contributed by atoms with Crippen molar-refractivity contribution in [1.29, 1.82) is 0 Å². The van der Waals surface area contributed by atoms with Crippen molar-refractivity contribution in [3.05, 3.63) is 40.1 Å². The minimum absolute atomic E-state index is 0.0786. The van der Waals surface area contributed by atoms with E-state index in [4.69, 9.17) is 10.3 Å². The summed E-state index contributed by atoms with van der Waals surface area (Å²) in [6.07, 6.45) is 0.840. The van der Waals surface area contributed by atoms with Gasteiger partial charge in [-0.1, -0.05) is 40.1 Å². The van der Waals surface area contributed by atoms with Crippen molar-refractivity contribution < 1.29 is 4.52 Å². The van der Waals surface area contributed by atoms with Crippen LogP contribution in [0.1, 0.15) is 30.7 Å². The Kier molecular flexibility index (Phi) is 3.64. The quantitative estimate of drug-likeness (QED) is 0.936. The normalized spacial score (nSPS) is 12.7. The van der Waals surface area contributed by atoms with Gasteiger partial charge in [0.15, 0.2) is 5.76 Å². The molecular formula is C13H15BrN2O. The van der Waals surface area contributed by atoms with E-state index in [-0.39, 0.29) is 6.04 Å². The van der Waals surface area contributed by atoms with Crippen LogP contribution >= 0.6 is 15.9 Å². The number of rotatable bonds is 3. The lowest BCUT2D eigenvalue weighted by atomic mass is 10.1. The van der Waals surface area contributed by atoms with Crippen molar-refractivity contribution in [3.8, 4) is 11.3 Å². The molecule has 0 saturated carbocycles. The first kappa shape index (κ1) is 12.3. The highest BCUT2D eigenvalue weighted by Crippen LogP contribution is 2.26. The average Bonchev–Trinajstić information content (AvgIpc) is 2.81. The molecule has 1 aromatic heterocycles. The van der Waals surface area contributed by atoms with E-state index in [1.807, 2.05) is 31.2 Å². The predicted octanol–water partition coefficient (Wildman–Crippen LogP) is 3.82. The van der Waals surface area contributed by atoms with Gasteiger partial charge in [0.05, 0.1) is 6.04 Å². The Morgan fingerprint density at radius 2 is 2.18 bits per heavy atom. The molecular weight excluding hydrogens is 280 g/mol. The SMILES string of the molecule is CCC(N)c1cc(-c2ccc(C)c(Br)c2)no1. The van der Waals surface area contributed by atoms with E-state index >= 15 is 0 Å². The minimum atomic E-state index is -0.0786. The van der Waals surface area contributed by atoms with Crippen molar-refractivity contribution >= 4 is 15.9 Å². The third-order valence-corrected chi connectivity index (χ3v) is 3.66. The molecule has 4 heteroatoms. The van der Waals surface area contributed by atoms with Crippen LogP contribution in [0, 0.1) is 6.92 Å². The zero-order valence-corrected chi connectivity index (χ0v) is 11.5. The minimum Gasteiger partial charge on any atom is -0.359 e. The second-order valence-corrected chi connectivity index (χ2v) is 4.95. The summed E-state index contributed by atoms with van der Waals surface area (Å²) in [5, 5.41) is 4.05. The highest BCUT2D eigenvalue weighted by Gasteiger charge is 2.12. The Labute approximate surface area is 109 Å². The number of aromatic nitrogens is 1. The van der Waals surface area contributed by atoms with Crippen molar-refractivity contribution in [1.82, 2.24) is 5.16 Å². The van der Waals surface area contributed by atoms with Gasteiger partial charge < -0.3 is 10.3 Å². The second-order valence-electron chi connectivity index (χ2n) is 4.09. The number of hydrogen-bond donors (Lipinski definition) is 1. The second kappa shape index (κ2) is 5.02. The van der Waals surface area contributed by atoms with Gasteiger partial charge in [-0.15, -0.1) is 0 Å². The number of aryl methyl sites for hydroxylation is 1. The highest BCUT2D eigenvalue weighted by atomic mass is 79.9. The largest absolute Gasteiger partial charge is 0.359 e. The lowest BCUT2D eigenvalue weighted by Gasteiger charge is -2.01. The Morgan fingerprint density at radius 3 is 2.82 bits per heavy atom. The molecule has 0 radical (unpaired) electrons. The van der Waals surface area contributed by atoms with E-state index in [0.717, 1.165) is 27.9 Å². The van der Waals surface area contributed by atoms with E-state index in [0.29, 0.717) is 0 Å². The Morgan fingerprint density at radius 1 is 1.41 bits per heavy atom. The average molecular weight is 295 g/mol. The molecule has 3 nitrogen and oxygen atoms in total. The first-order chi connectivity index (χ1) is 8.11. The van der Waals surface area contributed by atoms with Crippen molar-refractivity contribution in [2.45, 2.75) is 26.3 Å². The van der Waals surface area contributed by atoms with Crippen LogP contribution in [0.4, 0.5) is 0 Å². The maximum atomic E-state index is 5.90. The van der Waals surface area contributed by atoms with Crippen molar-refractivity contribution in [2.75, 3.05) is 0 Å². The standard InChI is InChI=1S/C13H15BrN2O/c1-3-11(15)13-7-12(16-17-13)9-5-4-8(2)10(14)6-9/h4-7,11H,3,15H2,1-2H3. The van der Waals surface area contributed by atoms with Gasteiger partial charge in [-0.05, 0) is 25.0 Å². The maximum Gasteiger partial charge on any atom is 0.154 e. The predicted molar refractivity (Wildman–Crippen MR) is 71.6 cm³/mol. The zero-order chi connectivity index (χ0) is 12.4. The Hall–Kier alpha value is -1.13. The molecule has 17 heavy (non-hydrogen) atoms. The molecule has 2 rings (SSSR count). The molecule has 0 fully saturated rings. The molecule has 0 spiro atoms. The third-order valence-electron chi connectivity index (χ3n) is 2.80. The van der Waals surface area contributed by atoms with Gasteiger partial charge in [0.1, 0.15) is 5.69 Å². The van der Waals surface area contributed by atoms with Gasteiger partial charge in [0.25, 0.3) is 0 Å². The van der Waals surface area contributed by atoms with E-state index < -0.39 is 0 Å². The van der Waals surface area contributed by atoms with Crippen molar-refractivity contribution in [3.63, 3.8) is 0 Å². The van der Waals surface area contributed by atoms with Gasteiger partial charge in [0.2, 0.25) is 0 Å². The fraction of sp³-hybridized carbons (Fsp3) is 0.308. The first-order valence-corrected chi connectivity index (χ1v) is 6.40. The van der Waals surface area contributed by atoms with Gasteiger partial charge in [0, 0.05) is 16.1 Å². The van der Waals surface area contributed by atoms with Crippen LogP contribution in [0.2, 0.25) is 0 Å². The highest BCUT2D eigenvalue weighted by molar-refractivity contribution is 9.10. The van der Waals surface area contributed by atoms with Gasteiger partial charge in [-0.3, -0.25) is 0 Å². The molecule has 1 unspecified atom stereocenters. The van der Waals surface area contributed by atoms with Crippen LogP contribution < -0.4 is 5.73 Å². The molecule has 0 aliphatic carbocycles. The number of benzene rings is 1. The van der Waals surface area contributed by atoms with Crippen LogP contribution in [0.3, 0.4) is 0 Å². The van der Waals surface area contributed by atoms with E-state index in [9.17, 15) is 0 Å². The molecule has 0 aliphatic rings. The summed E-state index contributed by atoms with van der Waals surface area (Å²) >= 11 is 3.51. The molecule has 0 saturated heterocycles. The van der Waals surface area contributed by atoms with Crippen LogP contribution in [0.15, 0.2) is 33.3 Å². The lowest BCUT2D eigenvalue weighted by Crippen LogP contribution is -2.06. The van der Waals surface area contributed by atoms with E-state index in [1.54, 1.807) is 0 Å². The van der Waals surface area contributed by atoms with Gasteiger partial charge in [-0.2, -0.15) is 0 Å². The molecule has 0 bridgehead atoms. The summed E-state index contributed by atoms with van der Waals surface area (Å²) in [6, 6.07) is 7.94. The number of hydrogen-bond acceptors (Lipinski definition) is 3. The van der Waals surface area contributed by atoms with E-state index in [2.05, 4.69) is 28.0 Å². The van der Waals surface area contributed by atoms with Crippen LogP contribution in [-0.4, -0.2) is 5.16 Å². The number of nitrogens with two attached hydrogens (primary N) is 1. The summed E-state index contributed by atoms with van der Waals surface area (Å²) in [5.74, 6) is 0.735. The fourth-order valence-corrected chi connectivity index (χ4v) is 1.93. The Bertz CT molecular complexity index is 522. The van der Waals surface area contributed by atoms with Crippen LogP contribution in [0.25, 0.3) is 11.3 Å². The molecule has 0 aliphatic heterocycles. The Balaban J connectivity index is 2.33. The zero-order valence-electron chi connectivity index (χ0n) is 9.90. The monoisotopic (exact) mass is 294 g/mol. The van der Waals surface area contributed by atoms with Gasteiger partial charge >= 0.3 is 0 Å². The summed E-state index contributed by atoms with van der Waals surface area (Å²) < 4.78 is 6.32. The van der Waals surface area contributed by atoms with Crippen LogP contribution in [-0.2, 0) is 0 Å². The smallest absolute Gasteiger partial charge is 0.154 e. The number of halogens is 1. The fourth-order valence-electron chi connectivity index (χ4n) is 1.55. The first-order valence-electron chi connectivity index (χ1n) is 5.60. The summed E-state index contributed by atoms with van der Waals surface area (Å²) in [5.41, 5.74) is 8.95. The summed E-state index contributed by atoms with van der Waals surface area (Å²) in [4.78, 5) is 0. The molecule has 1 heterocycles. The van der Waals surface area contributed by atoms with Crippen LogP contribution in [0.5, 0.6) is 0 Å². The number of nitrogens with zero attached hydrogens (tertiary/aromatic N) is 1. The molecule has 2 aromatic rings. The van der Waals surface area contributed by atoms with Crippen molar-refractivity contribution in [2.24, 2.45) is 5.73 Å². The lowest BCUT2D eigenvalue weighted by molar-refractivity contribution is 0.360.